The normalized spacial score (nSPS) is 13.8. The second-order valence-electron chi connectivity index (χ2n) is 9.21. The van der Waals surface area contributed by atoms with Crippen molar-refractivity contribution >= 4 is 33.1 Å². The summed E-state index contributed by atoms with van der Waals surface area (Å²) in [5.41, 5.74) is 0.684. The molecule has 2 aromatic carbocycles. The van der Waals surface area contributed by atoms with Gasteiger partial charge in [0.1, 0.15) is 5.60 Å². The van der Waals surface area contributed by atoms with Crippen LogP contribution in [-0.2, 0) is 21.3 Å². The Balaban J connectivity index is 1.86. The molecular formula is C26H23N3O5S. The lowest BCUT2D eigenvalue weighted by Crippen LogP contribution is -2.39. The summed E-state index contributed by atoms with van der Waals surface area (Å²) in [4.78, 5) is 32.4. The second-order valence-corrected chi connectivity index (χ2v) is 11.0. The average Bonchev–Trinajstić information content (AvgIpc) is 3.11. The van der Waals surface area contributed by atoms with Crippen LogP contribution in [0, 0.1) is 0 Å². The van der Waals surface area contributed by atoms with Crippen molar-refractivity contribution in [2.75, 3.05) is 0 Å². The van der Waals surface area contributed by atoms with Gasteiger partial charge in [0.25, 0.3) is 15.9 Å². The predicted molar refractivity (Wildman–Crippen MR) is 130 cm³/mol. The summed E-state index contributed by atoms with van der Waals surface area (Å²) in [7, 11) is -4.15. The molecule has 8 nitrogen and oxygen atoms in total. The zero-order valence-electron chi connectivity index (χ0n) is 19.4. The summed E-state index contributed by atoms with van der Waals surface area (Å²) in [6.45, 7) is 5.09. The minimum atomic E-state index is -4.15. The molecular weight excluding hydrogens is 466 g/mol. The Morgan fingerprint density at radius 1 is 0.971 bits per heavy atom. The number of carbonyl (C=O) groups is 2. The largest absolute Gasteiger partial charge is 0.443 e. The first kappa shape index (κ1) is 22.8. The van der Waals surface area contributed by atoms with E-state index in [1.807, 2.05) is 0 Å². The number of imide groups is 1. The Morgan fingerprint density at radius 3 is 2.37 bits per heavy atom. The Kier molecular flexibility index (Phi) is 5.25. The van der Waals surface area contributed by atoms with E-state index in [2.05, 4.69) is 4.98 Å². The van der Waals surface area contributed by atoms with Gasteiger partial charge in [-0.25, -0.2) is 27.1 Å². The van der Waals surface area contributed by atoms with Gasteiger partial charge < -0.3 is 4.74 Å². The van der Waals surface area contributed by atoms with Crippen LogP contribution in [0.15, 0.2) is 77.8 Å². The summed E-state index contributed by atoms with van der Waals surface area (Å²) < 4.78 is 34.5. The molecule has 2 aromatic heterocycles. The standard InChI is InChI=1S/C26H23N3O5S/c1-26(2,3)34-25(31)28-16-17-10-7-8-13-19(17)22-21(24(28)30)20-14-9-15-27-23(20)29(22)35(32,33)18-11-5-4-6-12-18/h4-15H,16H2,1-3H3. The van der Waals surface area contributed by atoms with Crippen LogP contribution in [0.3, 0.4) is 0 Å². The smallest absolute Gasteiger partial charge is 0.417 e. The number of ether oxygens (including phenoxy) is 1. The minimum Gasteiger partial charge on any atom is -0.443 e. The van der Waals surface area contributed by atoms with Crippen LogP contribution in [0.5, 0.6) is 0 Å². The summed E-state index contributed by atoms with van der Waals surface area (Å²) in [6.07, 6.45) is 0.668. The lowest BCUT2D eigenvalue weighted by Gasteiger charge is -2.25. The fourth-order valence-corrected chi connectivity index (χ4v) is 5.73. The molecule has 35 heavy (non-hydrogen) atoms. The molecule has 0 fully saturated rings. The molecule has 0 aliphatic carbocycles. The molecule has 9 heteroatoms. The van der Waals surface area contributed by atoms with E-state index in [1.165, 1.54) is 18.3 Å². The Bertz CT molecular complexity index is 1580. The van der Waals surface area contributed by atoms with Crippen molar-refractivity contribution in [3.63, 3.8) is 0 Å². The van der Waals surface area contributed by atoms with E-state index in [1.54, 1.807) is 75.4 Å². The van der Waals surface area contributed by atoms with E-state index < -0.39 is 27.6 Å². The van der Waals surface area contributed by atoms with Crippen LogP contribution in [0.25, 0.3) is 22.3 Å². The fourth-order valence-electron chi connectivity index (χ4n) is 4.21. The first-order valence-corrected chi connectivity index (χ1v) is 12.5. The molecule has 0 bridgehead atoms. The van der Waals surface area contributed by atoms with Gasteiger partial charge in [-0.15, -0.1) is 0 Å². The third kappa shape index (κ3) is 3.77. The maximum absolute atomic E-state index is 13.9. The Morgan fingerprint density at radius 2 is 1.66 bits per heavy atom. The van der Waals surface area contributed by atoms with Crippen LogP contribution < -0.4 is 0 Å². The maximum atomic E-state index is 13.9. The monoisotopic (exact) mass is 489 g/mol. The van der Waals surface area contributed by atoms with Crippen molar-refractivity contribution in [1.29, 1.82) is 0 Å². The SMILES string of the molecule is CC(C)(C)OC(=O)N1Cc2ccccc2-c2c(c3cccnc3n2S(=O)(=O)c2ccccc2)C1=O. The van der Waals surface area contributed by atoms with Gasteiger partial charge in [0.05, 0.1) is 22.7 Å². The van der Waals surface area contributed by atoms with Crippen LogP contribution >= 0.6 is 0 Å². The van der Waals surface area contributed by atoms with Crippen LogP contribution in [-0.4, -0.2) is 39.9 Å². The zero-order valence-corrected chi connectivity index (χ0v) is 20.2. The van der Waals surface area contributed by atoms with Gasteiger partial charge in [-0.1, -0.05) is 42.5 Å². The number of carbonyl (C=O) groups excluding carboxylic acids is 2. The molecule has 2 amide bonds. The highest BCUT2D eigenvalue weighted by Crippen LogP contribution is 2.40. The number of benzene rings is 2. The molecule has 0 radical (unpaired) electrons. The van der Waals surface area contributed by atoms with Gasteiger partial charge in [0.15, 0.2) is 5.65 Å². The van der Waals surface area contributed by atoms with Crippen molar-refractivity contribution < 1.29 is 22.7 Å². The van der Waals surface area contributed by atoms with Gasteiger partial charge in [-0.05, 0) is 50.6 Å². The van der Waals surface area contributed by atoms with Crippen molar-refractivity contribution in [1.82, 2.24) is 13.9 Å². The first-order chi connectivity index (χ1) is 16.6. The predicted octanol–water partition coefficient (Wildman–Crippen LogP) is 4.83. The number of hydrogen-bond acceptors (Lipinski definition) is 6. The van der Waals surface area contributed by atoms with Crippen LogP contribution in [0.1, 0.15) is 36.7 Å². The van der Waals surface area contributed by atoms with Crippen molar-refractivity contribution in [2.45, 2.75) is 37.8 Å². The van der Waals surface area contributed by atoms with Crippen molar-refractivity contribution in [2.24, 2.45) is 0 Å². The van der Waals surface area contributed by atoms with Gasteiger partial charge >= 0.3 is 6.09 Å². The van der Waals surface area contributed by atoms with E-state index in [0.717, 1.165) is 8.87 Å². The number of aromatic nitrogens is 2. The summed E-state index contributed by atoms with van der Waals surface area (Å²) >= 11 is 0. The molecule has 4 aromatic rings. The zero-order chi connectivity index (χ0) is 25.0. The van der Waals surface area contributed by atoms with Gasteiger partial charge in [-0.2, -0.15) is 0 Å². The highest BCUT2D eigenvalue weighted by atomic mass is 32.2. The molecule has 3 heterocycles. The number of amides is 2. The molecule has 178 valence electrons. The number of pyridine rings is 1. The van der Waals surface area contributed by atoms with E-state index in [9.17, 15) is 18.0 Å². The third-order valence-electron chi connectivity index (χ3n) is 5.64. The fraction of sp³-hybridized carbons (Fsp3) is 0.192. The highest BCUT2D eigenvalue weighted by molar-refractivity contribution is 7.90. The van der Waals surface area contributed by atoms with Gasteiger partial charge in [0.2, 0.25) is 0 Å². The maximum Gasteiger partial charge on any atom is 0.417 e. The summed E-state index contributed by atoms with van der Waals surface area (Å²) in [5, 5.41) is 0.331. The molecule has 0 spiro atoms. The van der Waals surface area contributed by atoms with Crippen molar-refractivity contribution in [3.05, 3.63) is 84.1 Å². The van der Waals surface area contributed by atoms with Gasteiger partial charge in [0, 0.05) is 17.1 Å². The molecule has 0 N–H and O–H groups in total. The number of hydrogen-bond donors (Lipinski definition) is 0. The molecule has 0 unspecified atom stereocenters. The number of fused-ring (bicyclic) bond motifs is 5. The van der Waals surface area contributed by atoms with Crippen molar-refractivity contribution in [3.8, 4) is 11.3 Å². The quantitative estimate of drug-likeness (QED) is 0.400. The lowest BCUT2D eigenvalue weighted by molar-refractivity contribution is 0.0230. The summed E-state index contributed by atoms with van der Waals surface area (Å²) in [6, 6.07) is 18.3. The molecule has 0 atom stereocenters. The number of rotatable bonds is 2. The summed E-state index contributed by atoms with van der Waals surface area (Å²) in [5.74, 6) is -0.648. The minimum absolute atomic E-state index is 0.0588. The Hall–Kier alpha value is -3.98. The van der Waals surface area contributed by atoms with E-state index in [-0.39, 0.29) is 28.3 Å². The average molecular weight is 490 g/mol. The highest BCUT2D eigenvalue weighted by Gasteiger charge is 2.39. The van der Waals surface area contributed by atoms with Gasteiger partial charge in [-0.3, -0.25) is 4.79 Å². The van der Waals surface area contributed by atoms with E-state index in [4.69, 9.17) is 4.74 Å². The molecule has 1 aliphatic heterocycles. The Labute approximate surface area is 202 Å². The first-order valence-electron chi connectivity index (χ1n) is 11.0. The van der Waals surface area contributed by atoms with Crippen LogP contribution in [0.4, 0.5) is 4.79 Å². The second kappa shape index (κ2) is 8.06. The van der Waals surface area contributed by atoms with E-state index in [0.29, 0.717) is 16.5 Å². The third-order valence-corrected chi connectivity index (χ3v) is 7.35. The molecule has 1 aliphatic rings. The molecule has 5 rings (SSSR count). The number of nitrogens with zero attached hydrogens (tertiary/aromatic N) is 3. The topological polar surface area (TPSA) is 98.6 Å². The van der Waals surface area contributed by atoms with Crippen LogP contribution in [0.2, 0.25) is 0 Å². The lowest BCUT2D eigenvalue weighted by atomic mass is 10.0. The van der Waals surface area contributed by atoms with E-state index >= 15 is 0 Å². The molecule has 0 saturated heterocycles. The molecule has 0 saturated carbocycles.